The molecule has 0 unspecified atom stereocenters. The van der Waals surface area contributed by atoms with Gasteiger partial charge in [0.15, 0.2) is 0 Å². The number of hydrogen-bond acceptors (Lipinski definition) is 5. The minimum absolute atomic E-state index is 0.0598. The Balaban J connectivity index is 0.903. The fraction of sp³-hybridized carbons (Fsp3) is 0.545. The van der Waals surface area contributed by atoms with E-state index < -0.39 is 12.7 Å². The second-order valence-corrected chi connectivity index (χ2v) is 20.2. The van der Waals surface area contributed by atoms with Gasteiger partial charge in [-0.1, -0.05) is 74.9 Å². The summed E-state index contributed by atoms with van der Waals surface area (Å²) in [6, 6.07) is 32.7. The molecule has 0 aliphatic heterocycles. The Bertz CT molecular complexity index is 1530. The monoisotopic (exact) mass is 695 g/mol. The van der Waals surface area contributed by atoms with Crippen LogP contribution in [-0.2, 0) is 23.8 Å². The third-order valence-corrected chi connectivity index (χ3v) is 18.2. The summed E-state index contributed by atoms with van der Waals surface area (Å²) < 4.78 is 18.1. The third kappa shape index (κ3) is 6.20. The molecule has 5 nitrogen and oxygen atoms in total. The van der Waals surface area contributed by atoms with Crippen LogP contribution in [0.3, 0.4) is 0 Å². The van der Waals surface area contributed by atoms with Gasteiger partial charge in [0.25, 0.3) is 0 Å². The maximum atomic E-state index is 13.8. The molecule has 3 aromatic carbocycles. The number of carbonyl (C=O) groups excluding carboxylic acids is 2. The zero-order valence-corrected chi connectivity index (χ0v) is 31.3. The third-order valence-electron chi connectivity index (χ3n) is 13.8. The van der Waals surface area contributed by atoms with Crippen molar-refractivity contribution < 1.29 is 23.8 Å². The van der Waals surface area contributed by atoms with Gasteiger partial charge in [-0.3, -0.25) is 9.59 Å². The van der Waals surface area contributed by atoms with Crippen molar-refractivity contribution in [3.63, 3.8) is 0 Å². The second kappa shape index (κ2) is 14.3. The van der Waals surface area contributed by atoms with Gasteiger partial charge in [0.2, 0.25) is 0 Å². The van der Waals surface area contributed by atoms with E-state index in [0.717, 1.165) is 63.9 Å². The van der Waals surface area contributed by atoms with Crippen molar-refractivity contribution >= 4 is 34.9 Å². The van der Waals surface area contributed by atoms with Crippen molar-refractivity contribution in [3.05, 3.63) is 91.0 Å². The van der Waals surface area contributed by atoms with Crippen molar-refractivity contribution in [1.82, 2.24) is 0 Å². The number of hydrogen-bond donors (Lipinski definition) is 0. The summed E-state index contributed by atoms with van der Waals surface area (Å²) >= 11 is 0. The molecule has 4 saturated carbocycles. The Morgan fingerprint density at radius 2 is 1.22 bits per heavy atom. The predicted octanol–water partition coefficient (Wildman–Crippen LogP) is 7.93. The van der Waals surface area contributed by atoms with Crippen LogP contribution < -0.4 is 15.9 Å². The summed E-state index contributed by atoms with van der Waals surface area (Å²) in [4.78, 5) is 26.9. The standard InChI is InChI=1S/C44H56O5P/c1-41-24-20-38-42(2)22-13-23-43(3,37(42)21-25-44(38,33-41)32-39(41)45)40(46)49-29-28-47-26-27-48-30-31-50(34-14-7-4-8-15-34,35-16-9-5-10-17-35)36-18-11-6-12-19-36/h4-12,14-19,37-38H,13,20-33H2,1-3H3/q+1/t37-,38-,41-,42+,43+,44-/m0/s1. The summed E-state index contributed by atoms with van der Waals surface area (Å²) in [5, 5.41) is 4.07. The Kier molecular flexibility index (Phi) is 10.2. The molecule has 2 bridgehead atoms. The number of Topliss-reactive ketones (excluding diaryl/α,β-unsaturated/α-hetero) is 1. The number of esters is 1. The van der Waals surface area contributed by atoms with E-state index in [-0.39, 0.29) is 28.8 Å². The molecule has 6 heteroatoms. The smallest absolute Gasteiger partial charge is 0.312 e. The zero-order valence-electron chi connectivity index (χ0n) is 30.4. The molecule has 0 aromatic heterocycles. The molecule has 4 aliphatic carbocycles. The van der Waals surface area contributed by atoms with Crippen molar-refractivity contribution in [1.29, 1.82) is 0 Å². The second-order valence-electron chi connectivity index (χ2n) is 16.6. The summed E-state index contributed by atoms with van der Waals surface area (Å²) in [5.74, 6) is 1.27. The van der Waals surface area contributed by atoms with Gasteiger partial charge in [-0.2, -0.15) is 0 Å². The molecule has 266 valence electrons. The Morgan fingerprint density at radius 3 is 1.82 bits per heavy atom. The van der Waals surface area contributed by atoms with Crippen LogP contribution in [0.15, 0.2) is 91.0 Å². The van der Waals surface area contributed by atoms with Gasteiger partial charge in [-0.05, 0) is 111 Å². The fourth-order valence-corrected chi connectivity index (χ4v) is 15.6. The topological polar surface area (TPSA) is 61.8 Å². The predicted molar refractivity (Wildman–Crippen MR) is 203 cm³/mol. The van der Waals surface area contributed by atoms with E-state index in [9.17, 15) is 9.59 Å². The first-order valence-electron chi connectivity index (χ1n) is 19.1. The largest absolute Gasteiger partial charge is 0.463 e. The lowest BCUT2D eigenvalue weighted by Gasteiger charge is -2.63. The van der Waals surface area contributed by atoms with Gasteiger partial charge in [-0.15, -0.1) is 0 Å². The van der Waals surface area contributed by atoms with Gasteiger partial charge in [0, 0.05) is 11.8 Å². The van der Waals surface area contributed by atoms with E-state index in [1.807, 2.05) is 0 Å². The van der Waals surface area contributed by atoms with Gasteiger partial charge in [-0.25, -0.2) is 0 Å². The number of carbonyl (C=O) groups is 2. The first-order valence-corrected chi connectivity index (χ1v) is 21.0. The first-order chi connectivity index (χ1) is 24.2. The highest BCUT2D eigenvalue weighted by atomic mass is 31.2. The number of fused-ring (bicyclic) bond motifs is 3. The van der Waals surface area contributed by atoms with E-state index in [4.69, 9.17) is 14.2 Å². The lowest BCUT2D eigenvalue weighted by Crippen LogP contribution is -2.58. The summed E-state index contributed by atoms with van der Waals surface area (Å²) in [5.41, 5.74) is -0.347. The molecule has 3 aromatic rings. The van der Waals surface area contributed by atoms with Crippen molar-refractivity contribution in [2.24, 2.45) is 33.5 Å². The van der Waals surface area contributed by atoms with Crippen LogP contribution in [0.2, 0.25) is 0 Å². The van der Waals surface area contributed by atoms with Gasteiger partial charge in [0.05, 0.1) is 38.0 Å². The molecule has 7 rings (SSSR count). The molecule has 6 atom stereocenters. The molecular weight excluding hydrogens is 639 g/mol. The van der Waals surface area contributed by atoms with Crippen LogP contribution in [0.25, 0.3) is 0 Å². The minimum atomic E-state index is -1.92. The maximum absolute atomic E-state index is 13.8. The normalized spacial score (nSPS) is 31.9. The highest BCUT2D eigenvalue weighted by molar-refractivity contribution is 7.95. The van der Waals surface area contributed by atoms with Gasteiger partial charge < -0.3 is 14.2 Å². The van der Waals surface area contributed by atoms with E-state index >= 15 is 0 Å². The van der Waals surface area contributed by atoms with Gasteiger partial charge in [0.1, 0.15) is 35.6 Å². The Morgan fingerprint density at radius 1 is 0.680 bits per heavy atom. The highest BCUT2D eigenvalue weighted by Gasteiger charge is 2.68. The highest BCUT2D eigenvalue weighted by Crippen LogP contribution is 2.73. The van der Waals surface area contributed by atoms with Crippen LogP contribution in [0.4, 0.5) is 0 Å². The number of benzene rings is 3. The Labute approximate surface area is 300 Å². The average molecular weight is 696 g/mol. The quantitative estimate of drug-likeness (QED) is 0.103. The van der Waals surface area contributed by atoms with E-state index in [2.05, 4.69) is 112 Å². The van der Waals surface area contributed by atoms with Crippen LogP contribution >= 0.6 is 7.26 Å². The first kappa shape index (κ1) is 35.5. The molecule has 0 heterocycles. The van der Waals surface area contributed by atoms with Gasteiger partial charge >= 0.3 is 5.97 Å². The molecule has 0 amide bonds. The van der Waals surface area contributed by atoms with Crippen LogP contribution in [-0.4, -0.2) is 50.9 Å². The summed E-state index contributed by atoms with van der Waals surface area (Å²) in [6.45, 7) is 9.05. The number of rotatable bonds is 13. The summed E-state index contributed by atoms with van der Waals surface area (Å²) in [6.07, 6.45) is 10.1. The van der Waals surface area contributed by atoms with E-state index in [1.54, 1.807) is 0 Å². The van der Waals surface area contributed by atoms with Crippen LogP contribution in [0, 0.1) is 33.5 Å². The average Bonchev–Trinajstić information content (AvgIpc) is 3.32. The minimum Gasteiger partial charge on any atom is -0.463 e. The van der Waals surface area contributed by atoms with E-state index in [1.165, 1.54) is 15.9 Å². The maximum Gasteiger partial charge on any atom is 0.312 e. The number of ether oxygens (including phenoxy) is 3. The van der Waals surface area contributed by atoms with Crippen LogP contribution in [0.1, 0.15) is 78.6 Å². The lowest BCUT2D eigenvalue weighted by molar-refractivity contribution is -0.188. The number of ketones is 1. The molecule has 1 spiro atoms. The Hall–Kier alpha value is -2.85. The van der Waals surface area contributed by atoms with E-state index in [0.29, 0.717) is 44.0 Å². The molecular formula is C44H56O5P+. The fourth-order valence-electron chi connectivity index (χ4n) is 11.5. The van der Waals surface area contributed by atoms with Crippen molar-refractivity contribution in [2.45, 2.75) is 78.6 Å². The SMILES string of the molecule is C[C@@]12CC[C@@H]3[C@@](CC[C@H]4[C@@]3(C)CCC[C@@]4(C)C(=O)OCCOCCOCC[P+](c3ccccc3)(c3ccccc3)c3ccccc3)(CC1=O)C2. The molecule has 0 saturated heterocycles. The van der Waals surface area contributed by atoms with Crippen molar-refractivity contribution in [3.8, 4) is 0 Å². The van der Waals surface area contributed by atoms with Crippen molar-refractivity contribution in [2.75, 3.05) is 39.2 Å². The van der Waals surface area contributed by atoms with Crippen LogP contribution in [0.5, 0.6) is 0 Å². The lowest BCUT2D eigenvalue weighted by atomic mass is 9.40. The summed E-state index contributed by atoms with van der Waals surface area (Å²) in [7, 11) is -1.92. The molecule has 50 heavy (non-hydrogen) atoms. The zero-order chi connectivity index (χ0) is 34.9. The molecule has 4 fully saturated rings. The molecule has 0 N–H and O–H groups in total. The molecule has 0 radical (unpaired) electrons. The molecule has 4 aliphatic rings.